The van der Waals surface area contributed by atoms with Crippen molar-refractivity contribution < 1.29 is 13.6 Å². The maximum absolute atomic E-state index is 11.8. The molecule has 0 spiro atoms. The summed E-state index contributed by atoms with van der Waals surface area (Å²) in [6, 6.07) is 0. The Kier molecular flexibility index (Phi) is 2.25. The van der Waals surface area contributed by atoms with Gasteiger partial charge in [0.2, 0.25) is 5.24 Å². The Balaban J connectivity index is 2.73. The summed E-state index contributed by atoms with van der Waals surface area (Å²) in [6.45, 7) is 3.50. The van der Waals surface area contributed by atoms with E-state index in [0.29, 0.717) is 0 Å². The van der Waals surface area contributed by atoms with Crippen LogP contribution >= 0.6 is 11.6 Å². The van der Waals surface area contributed by atoms with Gasteiger partial charge in [0.15, 0.2) is 0 Å². The average molecular weight is 195 g/mol. The zero-order valence-electron chi connectivity index (χ0n) is 6.77. The molecule has 0 amide bonds. The number of rotatable bonds is 2. The lowest BCUT2D eigenvalue weighted by atomic mass is 10.1. The van der Waals surface area contributed by atoms with Crippen molar-refractivity contribution in [2.24, 2.45) is 17.3 Å². The van der Waals surface area contributed by atoms with E-state index in [0.717, 1.165) is 6.08 Å². The summed E-state index contributed by atoms with van der Waals surface area (Å²) in [4.78, 5) is 10.7. The summed E-state index contributed by atoms with van der Waals surface area (Å²) < 4.78 is 23.6. The van der Waals surface area contributed by atoms with Crippen molar-refractivity contribution in [3.8, 4) is 0 Å². The smallest absolute Gasteiger partial charge is 0.266 e. The highest BCUT2D eigenvalue weighted by molar-refractivity contribution is 6.64. The van der Waals surface area contributed by atoms with Crippen LogP contribution in [0.4, 0.5) is 8.78 Å². The summed E-state index contributed by atoms with van der Waals surface area (Å²) >= 11 is 5.22. The Hall–Kier alpha value is -0.440. The van der Waals surface area contributed by atoms with Crippen molar-refractivity contribution in [3.63, 3.8) is 0 Å². The summed E-state index contributed by atoms with van der Waals surface area (Å²) in [5.41, 5.74) is -0.401. The number of hydrogen-bond acceptors (Lipinski definition) is 1. The van der Waals surface area contributed by atoms with Gasteiger partial charge in [0.05, 0.1) is 0 Å². The molecule has 0 aromatic heterocycles. The van der Waals surface area contributed by atoms with Gasteiger partial charge in [-0.05, 0) is 29.0 Å². The fourth-order valence-electron chi connectivity index (χ4n) is 1.56. The molecule has 0 aromatic carbocycles. The number of allylic oxidation sites excluding steroid dienone is 1. The number of carbonyl (C=O) groups excluding carboxylic acids is 1. The standard InChI is InChI=1S/C8H9ClF2O/c1-8(2)4(3-5(10)11)6(8)7(9)12/h3-4,6H,1-2H3. The van der Waals surface area contributed by atoms with E-state index >= 15 is 0 Å². The van der Waals surface area contributed by atoms with Gasteiger partial charge in [-0.25, -0.2) is 0 Å². The third-order valence-electron chi connectivity index (χ3n) is 2.46. The molecular weight excluding hydrogens is 186 g/mol. The van der Waals surface area contributed by atoms with Crippen molar-refractivity contribution >= 4 is 16.8 Å². The van der Waals surface area contributed by atoms with E-state index in [2.05, 4.69) is 0 Å². The molecule has 2 atom stereocenters. The van der Waals surface area contributed by atoms with Crippen LogP contribution in [0.3, 0.4) is 0 Å². The monoisotopic (exact) mass is 194 g/mol. The minimum atomic E-state index is -1.74. The third kappa shape index (κ3) is 1.51. The van der Waals surface area contributed by atoms with Crippen LogP contribution in [-0.4, -0.2) is 5.24 Å². The van der Waals surface area contributed by atoms with Crippen molar-refractivity contribution in [3.05, 3.63) is 12.2 Å². The molecule has 2 unspecified atom stereocenters. The molecule has 0 heterocycles. The van der Waals surface area contributed by atoms with Crippen molar-refractivity contribution in [2.75, 3.05) is 0 Å². The van der Waals surface area contributed by atoms with Crippen molar-refractivity contribution in [2.45, 2.75) is 13.8 Å². The summed E-state index contributed by atoms with van der Waals surface area (Å²) in [5, 5.41) is -0.525. The molecule has 0 saturated heterocycles. The number of carbonyl (C=O) groups is 1. The zero-order valence-corrected chi connectivity index (χ0v) is 7.53. The van der Waals surface area contributed by atoms with E-state index < -0.39 is 28.6 Å². The minimum Gasteiger partial charge on any atom is -0.281 e. The molecule has 1 fully saturated rings. The first-order valence-corrected chi connectivity index (χ1v) is 3.97. The van der Waals surface area contributed by atoms with Gasteiger partial charge in [0.1, 0.15) is 0 Å². The molecule has 0 bridgehead atoms. The fraction of sp³-hybridized carbons (Fsp3) is 0.625. The van der Waals surface area contributed by atoms with E-state index in [1.165, 1.54) is 0 Å². The molecule has 12 heavy (non-hydrogen) atoms. The van der Waals surface area contributed by atoms with Crippen LogP contribution in [0.5, 0.6) is 0 Å². The third-order valence-corrected chi connectivity index (χ3v) is 2.70. The molecular formula is C8H9ClF2O. The van der Waals surface area contributed by atoms with Crippen LogP contribution in [0.15, 0.2) is 12.2 Å². The van der Waals surface area contributed by atoms with Gasteiger partial charge in [-0.1, -0.05) is 13.8 Å². The maximum atomic E-state index is 11.8. The largest absolute Gasteiger partial charge is 0.281 e. The lowest BCUT2D eigenvalue weighted by molar-refractivity contribution is -0.113. The highest BCUT2D eigenvalue weighted by atomic mass is 35.5. The predicted molar refractivity (Wildman–Crippen MR) is 41.9 cm³/mol. The minimum absolute atomic E-state index is 0.396. The van der Waals surface area contributed by atoms with Gasteiger partial charge in [0, 0.05) is 5.92 Å². The average Bonchev–Trinajstić information content (AvgIpc) is 2.32. The van der Waals surface area contributed by atoms with Crippen LogP contribution in [0, 0.1) is 17.3 Å². The van der Waals surface area contributed by atoms with Gasteiger partial charge >= 0.3 is 0 Å². The van der Waals surface area contributed by atoms with Gasteiger partial charge in [-0.15, -0.1) is 0 Å². The molecule has 0 radical (unpaired) electrons. The molecule has 1 nitrogen and oxygen atoms in total. The number of halogens is 3. The molecule has 1 rings (SSSR count). The Morgan fingerprint density at radius 2 is 2.00 bits per heavy atom. The Labute approximate surface area is 74.4 Å². The fourth-order valence-corrected chi connectivity index (χ4v) is 1.97. The van der Waals surface area contributed by atoms with E-state index in [1.807, 2.05) is 0 Å². The normalized spacial score (nSPS) is 31.1. The molecule has 0 aromatic rings. The van der Waals surface area contributed by atoms with Crippen LogP contribution in [0.1, 0.15) is 13.8 Å². The Bertz CT molecular complexity index is 243. The SMILES string of the molecule is CC1(C)C(C=C(F)F)C1C(=O)Cl. The van der Waals surface area contributed by atoms with E-state index in [4.69, 9.17) is 11.6 Å². The van der Waals surface area contributed by atoms with Crippen LogP contribution in [0.2, 0.25) is 0 Å². The highest BCUT2D eigenvalue weighted by Crippen LogP contribution is 2.60. The van der Waals surface area contributed by atoms with Crippen LogP contribution in [0.25, 0.3) is 0 Å². The predicted octanol–water partition coefficient (Wildman–Crippen LogP) is 2.80. The van der Waals surface area contributed by atoms with Gasteiger partial charge in [-0.3, -0.25) is 4.79 Å². The van der Waals surface area contributed by atoms with Gasteiger partial charge in [0.25, 0.3) is 6.08 Å². The second-order valence-electron chi connectivity index (χ2n) is 3.59. The molecule has 1 saturated carbocycles. The lowest BCUT2D eigenvalue weighted by Gasteiger charge is -1.95. The summed E-state index contributed by atoms with van der Waals surface area (Å²) in [6.07, 6.45) is -0.932. The molecule has 0 aliphatic heterocycles. The topological polar surface area (TPSA) is 17.1 Å². The molecule has 1 aliphatic carbocycles. The molecule has 68 valence electrons. The Morgan fingerprint density at radius 3 is 2.25 bits per heavy atom. The molecule has 4 heteroatoms. The summed E-state index contributed by atoms with van der Waals surface area (Å²) in [5.74, 6) is -0.840. The summed E-state index contributed by atoms with van der Waals surface area (Å²) in [7, 11) is 0. The van der Waals surface area contributed by atoms with Crippen molar-refractivity contribution in [1.29, 1.82) is 0 Å². The van der Waals surface area contributed by atoms with Crippen LogP contribution < -0.4 is 0 Å². The molecule has 1 aliphatic rings. The van der Waals surface area contributed by atoms with E-state index in [-0.39, 0.29) is 0 Å². The Morgan fingerprint density at radius 1 is 1.50 bits per heavy atom. The van der Waals surface area contributed by atoms with E-state index in [1.54, 1.807) is 13.8 Å². The van der Waals surface area contributed by atoms with Gasteiger partial charge in [-0.2, -0.15) is 8.78 Å². The van der Waals surface area contributed by atoms with E-state index in [9.17, 15) is 13.6 Å². The zero-order chi connectivity index (χ0) is 9.52. The first kappa shape index (κ1) is 9.65. The number of hydrogen-bond donors (Lipinski definition) is 0. The molecule has 0 N–H and O–H groups in total. The first-order chi connectivity index (χ1) is 5.37. The maximum Gasteiger partial charge on any atom is 0.266 e. The first-order valence-electron chi connectivity index (χ1n) is 3.59. The van der Waals surface area contributed by atoms with Gasteiger partial charge < -0.3 is 0 Å². The second kappa shape index (κ2) is 2.80. The van der Waals surface area contributed by atoms with Crippen LogP contribution in [-0.2, 0) is 4.79 Å². The highest BCUT2D eigenvalue weighted by Gasteiger charge is 2.60. The van der Waals surface area contributed by atoms with Crippen molar-refractivity contribution in [1.82, 2.24) is 0 Å². The lowest BCUT2D eigenvalue weighted by Crippen LogP contribution is -1.96. The quantitative estimate of drug-likeness (QED) is 0.618. The second-order valence-corrected chi connectivity index (χ2v) is 3.96.